The summed E-state index contributed by atoms with van der Waals surface area (Å²) in [5.74, 6) is -2.11. The van der Waals surface area contributed by atoms with E-state index in [0.29, 0.717) is 35.5 Å². The number of aliphatic hydroxyl groups is 1. The number of carbonyl (C=O) groups is 3. The van der Waals surface area contributed by atoms with Gasteiger partial charge in [0, 0.05) is 55.7 Å². The average Bonchev–Trinajstić information content (AvgIpc) is 2.85. The Labute approximate surface area is 213 Å². The zero-order chi connectivity index (χ0) is 27.2. The summed E-state index contributed by atoms with van der Waals surface area (Å²) in [6.45, 7) is 1.54. The molecule has 0 saturated carbocycles. The van der Waals surface area contributed by atoms with E-state index in [1.165, 1.54) is 11.8 Å². The van der Waals surface area contributed by atoms with Crippen LogP contribution in [0, 0.1) is 11.8 Å². The molecule has 0 spiro atoms. The van der Waals surface area contributed by atoms with E-state index in [4.69, 9.17) is 5.73 Å². The van der Waals surface area contributed by atoms with E-state index in [2.05, 4.69) is 5.32 Å². The number of hydrogen-bond donors (Lipinski definition) is 3. The molecule has 2 atom stereocenters. The molecule has 3 rings (SSSR count). The molecule has 1 aliphatic rings. The smallest absolute Gasteiger partial charge is 0.389 e. The van der Waals surface area contributed by atoms with Crippen molar-refractivity contribution in [2.45, 2.75) is 51.7 Å². The van der Waals surface area contributed by atoms with Crippen LogP contribution in [0.2, 0.25) is 0 Å². The van der Waals surface area contributed by atoms with E-state index >= 15 is 0 Å². The molecule has 0 heterocycles. The number of carbonyl (C=O) groups excluding carboxylic acids is 3. The third kappa shape index (κ3) is 7.87. The molecule has 2 amide bonds. The number of nitrogens with two attached hydrogens (primary N) is 1. The molecular formula is C27H32F3N3O4. The number of alkyl halides is 3. The topological polar surface area (TPSA) is 113 Å². The molecule has 0 aromatic heterocycles. The Morgan fingerprint density at radius 3 is 2.46 bits per heavy atom. The van der Waals surface area contributed by atoms with Gasteiger partial charge in [0.25, 0.3) is 0 Å². The maximum atomic E-state index is 12.9. The van der Waals surface area contributed by atoms with Crippen LogP contribution in [0.3, 0.4) is 0 Å². The Balaban J connectivity index is 1.66. The molecule has 7 nitrogen and oxygen atoms in total. The number of nitrogens with zero attached hydrogens (tertiary/aromatic N) is 1. The van der Waals surface area contributed by atoms with Crippen molar-refractivity contribution in [3.63, 3.8) is 0 Å². The fourth-order valence-corrected chi connectivity index (χ4v) is 4.61. The van der Waals surface area contributed by atoms with Crippen LogP contribution in [-0.4, -0.2) is 42.0 Å². The van der Waals surface area contributed by atoms with E-state index in [1.807, 2.05) is 0 Å². The summed E-state index contributed by atoms with van der Waals surface area (Å²) in [4.78, 5) is 39.4. The minimum absolute atomic E-state index is 0.00801. The quantitative estimate of drug-likeness (QED) is 0.435. The van der Waals surface area contributed by atoms with Crippen molar-refractivity contribution in [2.75, 3.05) is 23.4 Å². The Bertz CT molecular complexity index is 1120. The highest BCUT2D eigenvalue weighted by molar-refractivity contribution is 6.02. The van der Waals surface area contributed by atoms with Gasteiger partial charge >= 0.3 is 6.18 Å². The molecule has 0 aliphatic heterocycles. The summed E-state index contributed by atoms with van der Waals surface area (Å²) < 4.78 is 38.5. The number of Topliss-reactive ketones (excluding diaryl/α,β-unsaturated/α-hetero) is 1. The summed E-state index contributed by atoms with van der Waals surface area (Å²) in [5, 5.41) is 12.2. The maximum Gasteiger partial charge on any atom is 0.389 e. The van der Waals surface area contributed by atoms with Gasteiger partial charge in [-0.1, -0.05) is 25.1 Å². The van der Waals surface area contributed by atoms with E-state index in [1.54, 1.807) is 42.5 Å². The maximum absolute atomic E-state index is 12.9. The van der Waals surface area contributed by atoms with Crippen molar-refractivity contribution in [3.8, 4) is 0 Å². The first-order valence-electron chi connectivity index (χ1n) is 12.2. The zero-order valence-electron chi connectivity index (χ0n) is 20.7. The molecule has 2 aromatic carbocycles. The van der Waals surface area contributed by atoms with Crippen LogP contribution < -0.4 is 16.0 Å². The van der Waals surface area contributed by atoms with Gasteiger partial charge in [0.05, 0.1) is 6.61 Å². The molecule has 0 radical (unpaired) electrons. The fourth-order valence-electron chi connectivity index (χ4n) is 4.61. The lowest BCUT2D eigenvalue weighted by Crippen LogP contribution is -2.34. The summed E-state index contributed by atoms with van der Waals surface area (Å²) in [6, 6.07) is 11.9. The predicted octanol–water partition coefficient (Wildman–Crippen LogP) is 4.22. The molecule has 1 aliphatic carbocycles. The van der Waals surface area contributed by atoms with Crippen LogP contribution >= 0.6 is 0 Å². The third-order valence-electron chi connectivity index (χ3n) is 6.66. The number of halogens is 3. The highest BCUT2D eigenvalue weighted by atomic mass is 19.4. The van der Waals surface area contributed by atoms with Gasteiger partial charge in [-0.2, -0.15) is 13.2 Å². The van der Waals surface area contributed by atoms with Crippen molar-refractivity contribution in [3.05, 3.63) is 59.2 Å². The van der Waals surface area contributed by atoms with Gasteiger partial charge in [0.15, 0.2) is 5.78 Å². The molecule has 0 bridgehead atoms. The lowest BCUT2D eigenvalue weighted by Gasteiger charge is -2.30. The van der Waals surface area contributed by atoms with Crippen molar-refractivity contribution in [1.82, 2.24) is 0 Å². The van der Waals surface area contributed by atoms with Gasteiger partial charge in [0.1, 0.15) is 0 Å². The molecule has 0 fully saturated rings. The molecule has 37 heavy (non-hydrogen) atoms. The predicted molar refractivity (Wildman–Crippen MR) is 134 cm³/mol. The first-order chi connectivity index (χ1) is 17.5. The van der Waals surface area contributed by atoms with Crippen molar-refractivity contribution in [2.24, 2.45) is 17.6 Å². The largest absolute Gasteiger partial charge is 0.395 e. The SMILES string of the molecule is CC(CC(F)(F)F)C1CC(=O)c2cc(N(CCO)C(=O)CCC(=O)Nc3ccc(CN)cc3)ccc2C1. The number of ketones is 1. The van der Waals surface area contributed by atoms with E-state index in [9.17, 15) is 32.7 Å². The zero-order valence-corrected chi connectivity index (χ0v) is 20.7. The minimum atomic E-state index is -4.29. The monoisotopic (exact) mass is 519 g/mol. The van der Waals surface area contributed by atoms with Gasteiger partial charge in [-0.05, 0) is 53.6 Å². The number of amides is 2. The van der Waals surface area contributed by atoms with Crippen molar-refractivity contribution in [1.29, 1.82) is 0 Å². The van der Waals surface area contributed by atoms with Crippen LogP contribution in [-0.2, 0) is 22.6 Å². The van der Waals surface area contributed by atoms with Gasteiger partial charge < -0.3 is 21.1 Å². The second-order valence-corrected chi connectivity index (χ2v) is 9.45. The Morgan fingerprint density at radius 1 is 1.14 bits per heavy atom. The van der Waals surface area contributed by atoms with Gasteiger partial charge in [-0.15, -0.1) is 0 Å². The van der Waals surface area contributed by atoms with Crippen LogP contribution in [0.25, 0.3) is 0 Å². The van der Waals surface area contributed by atoms with E-state index in [0.717, 1.165) is 5.56 Å². The molecule has 2 aromatic rings. The lowest BCUT2D eigenvalue weighted by atomic mass is 9.76. The second-order valence-electron chi connectivity index (χ2n) is 9.45. The van der Waals surface area contributed by atoms with Crippen molar-refractivity contribution >= 4 is 29.0 Å². The van der Waals surface area contributed by atoms with Crippen LogP contribution in [0.5, 0.6) is 0 Å². The molecule has 200 valence electrons. The average molecular weight is 520 g/mol. The highest BCUT2D eigenvalue weighted by Gasteiger charge is 2.36. The first kappa shape index (κ1) is 28.3. The number of benzene rings is 2. The number of anilines is 2. The molecule has 2 unspecified atom stereocenters. The minimum Gasteiger partial charge on any atom is -0.395 e. The van der Waals surface area contributed by atoms with Crippen LogP contribution in [0.15, 0.2) is 42.5 Å². The normalized spacial score (nSPS) is 16.2. The standard InChI is InChI=1S/C27H32F3N3O4/c1-17(15-27(28,29)30)20-12-19-4-7-22(14-23(19)24(35)13-20)33(10-11-34)26(37)9-8-25(36)32-21-5-2-18(16-31)3-6-21/h2-7,14,17,20,34H,8-13,15-16,31H2,1H3,(H,32,36). The van der Waals surface area contributed by atoms with Crippen LogP contribution in [0.1, 0.15) is 54.1 Å². The summed E-state index contributed by atoms with van der Waals surface area (Å²) >= 11 is 0. The molecule has 4 N–H and O–H groups in total. The first-order valence-corrected chi connectivity index (χ1v) is 12.2. The summed E-state index contributed by atoms with van der Waals surface area (Å²) in [7, 11) is 0. The number of fused-ring (bicyclic) bond motifs is 1. The van der Waals surface area contributed by atoms with E-state index < -0.39 is 30.3 Å². The van der Waals surface area contributed by atoms with E-state index in [-0.39, 0.29) is 44.1 Å². The van der Waals surface area contributed by atoms with Gasteiger partial charge in [-0.3, -0.25) is 14.4 Å². The van der Waals surface area contributed by atoms with Crippen LogP contribution in [0.4, 0.5) is 24.5 Å². The lowest BCUT2D eigenvalue weighted by molar-refractivity contribution is -0.147. The molecular weight excluding hydrogens is 487 g/mol. The third-order valence-corrected chi connectivity index (χ3v) is 6.66. The number of nitrogens with one attached hydrogen (secondary N) is 1. The summed E-state index contributed by atoms with van der Waals surface area (Å²) in [5.41, 5.74) is 8.48. The molecule has 10 heteroatoms. The Morgan fingerprint density at radius 2 is 1.84 bits per heavy atom. The highest BCUT2D eigenvalue weighted by Crippen LogP contribution is 2.37. The van der Waals surface area contributed by atoms with Crippen molar-refractivity contribution < 1.29 is 32.7 Å². The number of aliphatic hydroxyl groups excluding tert-OH is 1. The number of hydrogen-bond acceptors (Lipinski definition) is 5. The summed E-state index contributed by atoms with van der Waals surface area (Å²) in [6.07, 6.45) is -5.07. The fraction of sp³-hybridized carbons (Fsp3) is 0.444. The van der Waals surface area contributed by atoms with Gasteiger partial charge in [-0.25, -0.2) is 0 Å². The molecule has 0 saturated heterocycles. The Kier molecular flexibility index (Phi) is 9.45. The number of rotatable bonds is 10. The van der Waals surface area contributed by atoms with Gasteiger partial charge in [0.2, 0.25) is 11.8 Å². The second kappa shape index (κ2) is 12.3. The Hall–Kier alpha value is -3.24.